The van der Waals surface area contributed by atoms with Gasteiger partial charge in [0.05, 0.1) is 0 Å². The van der Waals surface area contributed by atoms with Gasteiger partial charge in [0.25, 0.3) is 0 Å². The van der Waals surface area contributed by atoms with Gasteiger partial charge in [0, 0.05) is 19.6 Å². The Kier molecular flexibility index (Phi) is 13.3. The number of hydrogen-bond donors (Lipinski definition) is 3. The lowest BCUT2D eigenvalue weighted by Crippen LogP contribution is -2.49. The van der Waals surface area contributed by atoms with Crippen LogP contribution in [0.3, 0.4) is 0 Å². The molecule has 4 amide bonds. The van der Waals surface area contributed by atoms with Gasteiger partial charge in [0.1, 0.15) is 24.9 Å². The molecule has 0 spiro atoms. The average molecular weight is 557 g/mol. The van der Waals surface area contributed by atoms with Crippen LogP contribution in [0.5, 0.6) is 0 Å². The number of nitrogens with zero attached hydrogens (tertiary/aromatic N) is 1. The molecule has 0 aliphatic rings. The van der Waals surface area contributed by atoms with E-state index in [1.54, 1.807) is 20.8 Å². The van der Waals surface area contributed by atoms with E-state index in [0.29, 0.717) is 12.8 Å². The van der Waals surface area contributed by atoms with E-state index >= 15 is 0 Å². The summed E-state index contributed by atoms with van der Waals surface area (Å²) in [4.78, 5) is 50.6. The van der Waals surface area contributed by atoms with Gasteiger partial charge in [-0.2, -0.15) is 0 Å². The Bertz CT molecular complexity index is 1070. The van der Waals surface area contributed by atoms with Gasteiger partial charge in [0.15, 0.2) is 0 Å². The summed E-state index contributed by atoms with van der Waals surface area (Å²) < 4.78 is 15.9. The molecule has 0 saturated carbocycles. The van der Waals surface area contributed by atoms with E-state index in [1.165, 1.54) is 4.90 Å². The second-order valence-electron chi connectivity index (χ2n) is 10.1. The predicted molar refractivity (Wildman–Crippen MR) is 149 cm³/mol. The first-order valence-corrected chi connectivity index (χ1v) is 13.2. The van der Waals surface area contributed by atoms with Gasteiger partial charge >= 0.3 is 18.3 Å². The summed E-state index contributed by atoms with van der Waals surface area (Å²) in [6.45, 7) is 5.94. The number of hydrogen-bond acceptors (Lipinski definition) is 7. The van der Waals surface area contributed by atoms with Crippen molar-refractivity contribution in [1.29, 1.82) is 0 Å². The molecule has 0 aromatic heterocycles. The standard InChI is InChI=1S/C29H40N4O7/c1-29(2,3)40-27(36)32-17-10-16-24(25(30)34)33(28(37)39-21-23-14-8-5-9-15-23)19-11-18-31-26(35)38-20-22-12-6-4-7-13-22/h4-9,12-15,24H,10-11,16-21H2,1-3H3,(H2,30,34)(H,31,35)(H,32,36). The maximum atomic E-state index is 13.0. The van der Waals surface area contributed by atoms with Crippen LogP contribution in [0.4, 0.5) is 14.4 Å². The molecule has 0 radical (unpaired) electrons. The fraction of sp³-hybridized carbons (Fsp3) is 0.448. The zero-order valence-corrected chi connectivity index (χ0v) is 23.4. The molecular weight excluding hydrogens is 516 g/mol. The van der Waals surface area contributed by atoms with Gasteiger partial charge < -0.3 is 30.6 Å². The molecule has 0 bridgehead atoms. The van der Waals surface area contributed by atoms with Gasteiger partial charge in [-0.05, 0) is 51.2 Å². The summed E-state index contributed by atoms with van der Waals surface area (Å²) in [6.07, 6.45) is -1.01. The van der Waals surface area contributed by atoms with Crippen molar-refractivity contribution in [2.45, 2.75) is 64.9 Å². The molecule has 40 heavy (non-hydrogen) atoms. The van der Waals surface area contributed by atoms with Crippen molar-refractivity contribution in [1.82, 2.24) is 15.5 Å². The van der Waals surface area contributed by atoms with Crippen LogP contribution in [0.15, 0.2) is 60.7 Å². The van der Waals surface area contributed by atoms with E-state index in [9.17, 15) is 19.2 Å². The summed E-state index contributed by atoms with van der Waals surface area (Å²) >= 11 is 0. The van der Waals surface area contributed by atoms with E-state index in [0.717, 1.165) is 11.1 Å². The third-order valence-corrected chi connectivity index (χ3v) is 5.52. The van der Waals surface area contributed by atoms with E-state index in [2.05, 4.69) is 10.6 Å². The highest BCUT2D eigenvalue weighted by molar-refractivity contribution is 5.84. The fourth-order valence-electron chi connectivity index (χ4n) is 3.64. The molecule has 4 N–H and O–H groups in total. The van der Waals surface area contributed by atoms with Crippen molar-refractivity contribution in [3.63, 3.8) is 0 Å². The molecule has 11 heteroatoms. The predicted octanol–water partition coefficient (Wildman–Crippen LogP) is 4.10. The van der Waals surface area contributed by atoms with Crippen LogP contribution in [0.1, 0.15) is 51.2 Å². The maximum Gasteiger partial charge on any atom is 0.410 e. The highest BCUT2D eigenvalue weighted by Gasteiger charge is 2.29. The SMILES string of the molecule is CC(C)(C)OC(=O)NCCCC(C(N)=O)N(CCCNC(=O)OCc1ccccc1)C(=O)OCc1ccccc1. The number of nitrogens with two attached hydrogens (primary N) is 1. The molecule has 1 atom stereocenters. The third-order valence-electron chi connectivity index (χ3n) is 5.52. The minimum Gasteiger partial charge on any atom is -0.445 e. The molecule has 11 nitrogen and oxygen atoms in total. The Balaban J connectivity index is 1.92. The maximum absolute atomic E-state index is 13.0. The van der Waals surface area contributed by atoms with E-state index in [-0.39, 0.29) is 39.3 Å². The van der Waals surface area contributed by atoms with Crippen molar-refractivity contribution >= 4 is 24.2 Å². The molecule has 2 aromatic carbocycles. The molecule has 1 unspecified atom stereocenters. The smallest absolute Gasteiger partial charge is 0.410 e. The highest BCUT2D eigenvalue weighted by atomic mass is 16.6. The second-order valence-corrected chi connectivity index (χ2v) is 10.1. The number of primary amides is 1. The van der Waals surface area contributed by atoms with E-state index < -0.39 is 35.8 Å². The molecule has 218 valence electrons. The molecular formula is C29H40N4O7. The minimum absolute atomic E-state index is 0.0198. The van der Waals surface area contributed by atoms with E-state index in [4.69, 9.17) is 19.9 Å². The highest BCUT2D eigenvalue weighted by Crippen LogP contribution is 2.13. The Morgan fingerprint density at radius 1 is 0.800 bits per heavy atom. The Morgan fingerprint density at radius 3 is 1.88 bits per heavy atom. The van der Waals surface area contributed by atoms with Crippen molar-refractivity contribution in [2.75, 3.05) is 19.6 Å². The number of rotatable bonds is 14. The molecule has 0 aliphatic carbocycles. The number of carbonyl (C=O) groups excluding carboxylic acids is 4. The zero-order chi connectivity index (χ0) is 29.4. The molecule has 2 rings (SSSR count). The zero-order valence-electron chi connectivity index (χ0n) is 23.4. The van der Waals surface area contributed by atoms with Crippen LogP contribution in [-0.2, 0) is 32.2 Å². The van der Waals surface area contributed by atoms with Gasteiger partial charge in [-0.1, -0.05) is 60.7 Å². The monoisotopic (exact) mass is 556 g/mol. The van der Waals surface area contributed by atoms with Gasteiger partial charge in [-0.25, -0.2) is 14.4 Å². The first kappa shape index (κ1) is 31.9. The first-order valence-electron chi connectivity index (χ1n) is 13.2. The van der Waals surface area contributed by atoms with Gasteiger partial charge in [0.2, 0.25) is 5.91 Å². The number of carbonyl (C=O) groups is 4. The summed E-state index contributed by atoms with van der Waals surface area (Å²) in [5.74, 6) is -0.704. The third kappa shape index (κ3) is 13.0. The van der Waals surface area contributed by atoms with Crippen LogP contribution in [0.25, 0.3) is 0 Å². The van der Waals surface area contributed by atoms with Crippen LogP contribution in [0, 0.1) is 0 Å². The van der Waals surface area contributed by atoms with Crippen molar-refractivity contribution < 1.29 is 33.4 Å². The summed E-state index contributed by atoms with van der Waals surface area (Å²) in [5, 5.41) is 5.27. The Hall–Kier alpha value is -4.28. The topological polar surface area (TPSA) is 149 Å². The van der Waals surface area contributed by atoms with Crippen LogP contribution < -0.4 is 16.4 Å². The first-order chi connectivity index (χ1) is 19.0. The van der Waals surface area contributed by atoms with Crippen molar-refractivity contribution in [3.8, 4) is 0 Å². The molecule has 0 heterocycles. The molecule has 0 fully saturated rings. The number of benzene rings is 2. The number of alkyl carbamates (subject to hydrolysis) is 2. The van der Waals surface area contributed by atoms with E-state index in [1.807, 2.05) is 60.7 Å². The van der Waals surface area contributed by atoms with Crippen LogP contribution in [0.2, 0.25) is 0 Å². The summed E-state index contributed by atoms with van der Waals surface area (Å²) in [5.41, 5.74) is 6.67. The lowest BCUT2D eigenvalue weighted by molar-refractivity contribution is -0.123. The minimum atomic E-state index is -0.978. The number of nitrogens with one attached hydrogen (secondary N) is 2. The van der Waals surface area contributed by atoms with Gasteiger partial charge in [-0.15, -0.1) is 0 Å². The molecule has 0 saturated heterocycles. The largest absolute Gasteiger partial charge is 0.445 e. The van der Waals surface area contributed by atoms with Gasteiger partial charge in [-0.3, -0.25) is 9.69 Å². The average Bonchev–Trinajstić information content (AvgIpc) is 2.91. The van der Waals surface area contributed by atoms with Crippen molar-refractivity contribution in [3.05, 3.63) is 71.8 Å². The second kappa shape index (κ2) is 16.6. The summed E-state index contributed by atoms with van der Waals surface area (Å²) in [7, 11) is 0. The lowest BCUT2D eigenvalue weighted by atomic mass is 10.1. The number of ether oxygens (including phenoxy) is 3. The number of amides is 4. The lowest BCUT2D eigenvalue weighted by Gasteiger charge is -2.29. The Labute approximate surface area is 235 Å². The van der Waals surface area contributed by atoms with Crippen LogP contribution >= 0.6 is 0 Å². The normalized spacial score (nSPS) is 11.6. The Morgan fingerprint density at radius 2 is 1.32 bits per heavy atom. The van der Waals surface area contributed by atoms with Crippen molar-refractivity contribution in [2.24, 2.45) is 5.73 Å². The molecule has 0 aliphatic heterocycles. The molecule has 2 aromatic rings. The fourth-order valence-corrected chi connectivity index (χ4v) is 3.64. The quantitative estimate of drug-likeness (QED) is 0.234. The summed E-state index contributed by atoms with van der Waals surface area (Å²) in [6, 6.07) is 17.4. The van der Waals surface area contributed by atoms with Crippen LogP contribution in [-0.4, -0.2) is 60.4 Å².